The molecule has 1 aliphatic rings. The molecule has 3 nitrogen and oxygen atoms in total. The molecule has 2 unspecified atom stereocenters. The van der Waals surface area contributed by atoms with Gasteiger partial charge in [0.05, 0.1) is 18.8 Å². The van der Waals surface area contributed by atoms with Crippen LogP contribution >= 0.6 is 11.3 Å². The SMILES string of the molecule is CCN1CCOC(CN)C1c1ccc(C)s1. The molecule has 0 aromatic carbocycles. The van der Waals surface area contributed by atoms with E-state index in [0.29, 0.717) is 12.6 Å². The summed E-state index contributed by atoms with van der Waals surface area (Å²) in [6.45, 7) is 7.81. The van der Waals surface area contributed by atoms with Crippen LogP contribution in [0.5, 0.6) is 0 Å². The van der Waals surface area contributed by atoms with Gasteiger partial charge in [0.15, 0.2) is 0 Å². The van der Waals surface area contributed by atoms with E-state index in [-0.39, 0.29) is 6.10 Å². The molecule has 1 aromatic heterocycles. The molecule has 2 atom stereocenters. The van der Waals surface area contributed by atoms with E-state index in [1.165, 1.54) is 9.75 Å². The van der Waals surface area contributed by atoms with Crippen LogP contribution < -0.4 is 5.73 Å². The Bertz CT molecular complexity index is 328. The Labute approximate surface area is 101 Å². The van der Waals surface area contributed by atoms with E-state index in [2.05, 4.69) is 30.9 Å². The predicted octanol–water partition coefficient (Wildman–Crippen LogP) is 1.78. The summed E-state index contributed by atoms with van der Waals surface area (Å²) < 4.78 is 5.78. The molecule has 0 bridgehead atoms. The van der Waals surface area contributed by atoms with E-state index in [4.69, 9.17) is 10.5 Å². The van der Waals surface area contributed by atoms with Crippen LogP contribution in [0.4, 0.5) is 0 Å². The first kappa shape index (κ1) is 12.0. The number of morpholine rings is 1. The van der Waals surface area contributed by atoms with E-state index in [0.717, 1.165) is 19.7 Å². The van der Waals surface area contributed by atoms with Crippen molar-refractivity contribution in [2.24, 2.45) is 5.73 Å². The number of nitrogens with two attached hydrogens (primary N) is 1. The third-order valence-electron chi connectivity index (χ3n) is 3.15. The molecule has 0 radical (unpaired) electrons. The highest BCUT2D eigenvalue weighted by Crippen LogP contribution is 2.33. The molecule has 1 aliphatic heterocycles. The Balaban J connectivity index is 2.24. The van der Waals surface area contributed by atoms with Crippen LogP contribution in [-0.4, -0.2) is 37.2 Å². The Kier molecular flexibility index (Phi) is 3.97. The van der Waals surface area contributed by atoms with Crippen LogP contribution in [0.2, 0.25) is 0 Å². The minimum atomic E-state index is 0.145. The van der Waals surface area contributed by atoms with Gasteiger partial charge in [-0.15, -0.1) is 11.3 Å². The van der Waals surface area contributed by atoms with Gasteiger partial charge in [0.25, 0.3) is 0 Å². The number of likely N-dealkylation sites (N-methyl/N-ethyl adjacent to an activating group) is 1. The van der Waals surface area contributed by atoms with Gasteiger partial charge in [-0.25, -0.2) is 0 Å². The first-order chi connectivity index (χ1) is 7.76. The number of hydrogen-bond acceptors (Lipinski definition) is 4. The zero-order valence-corrected chi connectivity index (χ0v) is 10.8. The van der Waals surface area contributed by atoms with E-state index in [1.54, 1.807) is 0 Å². The van der Waals surface area contributed by atoms with Crippen molar-refractivity contribution in [3.8, 4) is 0 Å². The van der Waals surface area contributed by atoms with Gasteiger partial charge in [-0.2, -0.15) is 0 Å². The lowest BCUT2D eigenvalue weighted by molar-refractivity contribution is -0.0646. The first-order valence-corrected chi connectivity index (χ1v) is 6.70. The highest BCUT2D eigenvalue weighted by Gasteiger charge is 2.32. The topological polar surface area (TPSA) is 38.5 Å². The summed E-state index contributed by atoms with van der Waals surface area (Å²) in [5.41, 5.74) is 5.81. The number of ether oxygens (including phenoxy) is 1. The second kappa shape index (κ2) is 5.27. The molecular weight excluding hydrogens is 220 g/mol. The van der Waals surface area contributed by atoms with Crippen molar-refractivity contribution in [2.45, 2.75) is 26.0 Å². The van der Waals surface area contributed by atoms with Gasteiger partial charge >= 0.3 is 0 Å². The quantitative estimate of drug-likeness (QED) is 0.875. The molecule has 2 rings (SSSR count). The molecule has 0 spiro atoms. The summed E-state index contributed by atoms with van der Waals surface area (Å²) >= 11 is 1.86. The molecule has 2 heterocycles. The van der Waals surface area contributed by atoms with Gasteiger partial charge in [-0.05, 0) is 25.6 Å². The molecule has 4 heteroatoms. The standard InChI is InChI=1S/C12H20N2OS/c1-3-14-6-7-15-10(8-13)12(14)11-5-4-9(2)16-11/h4-5,10,12H,3,6-8,13H2,1-2H3. The molecule has 1 aromatic rings. The van der Waals surface area contributed by atoms with E-state index in [1.807, 2.05) is 11.3 Å². The van der Waals surface area contributed by atoms with Gasteiger partial charge in [0.1, 0.15) is 0 Å². The fourth-order valence-corrected chi connectivity index (χ4v) is 3.38. The number of nitrogens with zero attached hydrogens (tertiary/aromatic N) is 1. The van der Waals surface area contributed by atoms with Crippen molar-refractivity contribution in [1.82, 2.24) is 4.90 Å². The summed E-state index contributed by atoms with van der Waals surface area (Å²) in [6, 6.07) is 4.74. The van der Waals surface area contributed by atoms with Gasteiger partial charge in [-0.3, -0.25) is 4.90 Å². The maximum atomic E-state index is 5.81. The van der Waals surface area contributed by atoms with Crippen LogP contribution in [-0.2, 0) is 4.74 Å². The summed E-state index contributed by atoms with van der Waals surface area (Å²) in [5, 5.41) is 0. The third-order valence-corrected chi connectivity index (χ3v) is 4.22. The third kappa shape index (κ3) is 2.30. The lowest BCUT2D eigenvalue weighted by atomic mass is 10.1. The Morgan fingerprint density at radius 2 is 2.38 bits per heavy atom. The average Bonchev–Trinajstić information content (AvgIpc) is 2.74. The lowest BCUT2D eigenvalue weighted by Crippen LogP contribution is -2.47. The second-order valence-electron chi connectivity index (χ2n) is 4.17. The number of rotatable bonds is 3. The van der Waals surface area contributed by atoms with Gasteiger partial charge < -0.3 is 10.5 Å². The van der Waals surface area contributed by atoms with Crippen LogP contribution in [0.3, 0.4) is 0 Å². The zero-order valence-electron chi connectivity index (χ0n) is 9.98. The molecule has 90 valence electrons. The predicted molar refractivity (Wildman–Crippen MR) is 67.8 cm³/mol. The van der Waals surface area contributed by atoms with Crippen molar-refractivity contribution < 1.29 is 4.74 Å². The van der Waals surface area contributed by atoms with Crippen LogP contribution in [0, 0.1) is 6.92 Å². The first-order valence-electron chi connectivity index (χ1n) is 5.88. The van der Waals surface area contributed by atoms with Crippen LogP contribution in [0.25, 0.3) is 0 Å². The molecular formula is C12H20N2OS. The normalized spacial score (nSPS) is 27.2. The van der Waals surface area contributed by atoms with Crippen molar-refractivity contribution in [3.05, 3.63) is 21.9 Å². The Hall–Kier alpha value is -0.420. The van der Waals surface area contributed by atoms with Crippen LogP contribution in [0.1, 0.15) is 22.7 Å². The average molecular weight is 240 g/mol. The molecule has 1 fully saturated rings. The summed E-state index contributed by atoms with van der Waals surface area (Å²) in [4.78, 5) is 5.20. The van der Waals surface area contributed by atoms with E-state index in [9.17, 15) is 0 Å². The fraction of sp³-hybridized carbons (Fsp3) is 0.667. The fourth-order valence-electron chi connectivity index (χ4n) is 2.31. The molecule has 2 N–H and O–H groups in total. The summed E-state index contributed by atoms with van der Waals surface area (Å²) in [6.07, 6.45) is 0.145. The smallest absolute Gasteiger partial charge is 0.0902 e. The van der Waals surface area contributed by atoms with E-state index >= 15 is 0 Å². The van der Waals surface area contributed by atoms with Gasteiger partial charge in [0, 0.05) is 22.8 Å². The molecule has 1 saturated heterocycles. The number of aryl methyl sites for hydroxylation is 1. The highest BCUT2D eigenvalue weighted by molar-refractivity contribution is 7.12. The molecule has 0 saturated carbocycles. The summed E-state index contributed by atoms with van der Waals surface area (Å²) in [7, 11) is 0. The maximum absolute atomic E-state index is 5.81. The zero-order chi connectivity index (χ0) is 11.5. The number of thiophene rings is 1. The second-order valence-corrected chi connectivity index (χ2v) is 5.49. The minimum Gasteiger partial charge on any atom is -0.374 e. The monoisotopic (exact) mass is 240 g/mol. The van der Waals surface area contributed by atoms with Crippen molar-refractivity contribution >= 4 is 11.3 Å². The van der Waals surface area contributed by atoms with Crippen LogP contribution in [0.15, 0.2) is 12.1 Å². The largest absolute Gasteiger partial charge is 0.374 e. The van der Waals surface area contributed by atoms with Gasteiger partial charge in [-0.1, -0.05) is 6.92 Å². The van der Waals surface area contributed by atoms with Gasteiger partial charge in [0.2, 0.25) is 0 Å². The van der Waals surface area contributed by atoms with E-state index < -0.39 is 0 Å². The van der Waals surface area contributed by atoms with Crippen molar-refractivity contribution in [3.63, 3.8) is 0 Å². The Morgan fingerprint density at radius 1 is 1.56 bits per heavy atom. The Morgan fingerprint density at radius 3 is 2.94 bits per heavy atom. The molecule has 16 heavy (non-hydrogen) atoms. The highest BCUT2D eigenvalue weighted by atomic mass is 32.1. The number of hydrogen-bond donors (Lipinski definition) is 1. The summed E-state index contributed by atoms with van der Waals surface area (Å²) in [5.74, 6) is 0. The lowest BCUT2D eigenvalue weighted by Gasteiger charge is -2.39. The van der Waals surface area contributed by atoms with Crippen molar-refractivity contribution in [1.29, 1.82) is 0 Å². The van der Waals surface area contributed by atoms with Crippen molar-refractivity contribution in [2.75, 3.05) is 26.2 Å². The molecule has 0 aliphatic carbocycles. The minimum absolute atomic E-state index is 0.145. The maximum Gasteiger partial charge on any atom is 0.0902 e. The molecule has 0 amide bonds.